The lowest BCUT2D eigenvalue weighted by Crippen LogP contribution is -2.43. The molecule has 1 unspecified atom stereocenters. The maximum atomic E-state index is 12.8. The van der Waals surface area contributed by atoms with Gasteiger partial charge in [-0.05, 0) is 43.5 Å². The lowest BCUT2D eigenvalue weighted by Gasteiger charge is -2.22. The molecule has 8 heteroatoms. The highest BCUT2D eigenvalue weighted by atomic mass is 16.5. The highest BCUT2D eigenvalue weighted by Gasteiger charge is 2.49. The van der Waals surface area contributed by atoms with Crippen LogP contribution in [0, 0.1) is 0 Å². The van der Waals surface area contributed by atoms with Crippen LogP contribution < -0.4 is 15.4 Å². The van der Waals surface area contributed by atoms with E-state index in [4.69, 9.17) is 9.84 Å². The first-order valence-electron chi connectivity index (χ1n) is 8.67. The Morgan fingerprint density at radius 1 is 1.33 bits per heavy atom. The molecule has 1 aromatic rings. The zero-order chi connectivity index (χ0) is 20.0. The van der Waals surface area contributed by atoms with E-state index in [1.807, 2.05) is 6.92 Å². The molecule has 3 N–H and O–H groups in total. The van der Waals surface area contributed by atoms with Gasteiger partial charge in [-0.25, -0.2) is 4.79 Å². The summed E-state index contributed by atoms with van der Waals surface area (Å²) in [6, 6.07) is 6.22. The Bertz CT molecular complexity index is 731. The molecule has 2 rings (SSSR count). The van der Waals surface area contributed by atoms with Crippen LogP contribution in [0.2, 0.25) is 0 Å². The Hall–Kier alpha value is -2.87. The number of carbonyl (C=O) groups is 3. The minimum absolute atomic E-state index is 0.0481. The van der Waals surface area contributed by atoms with Crippen LogP contribution in [0.3, 0.4) is 0 Å². The van der Waals surface area contributed by atoms with Crippen molar-refractivity contribution in [2.75, 3.05) is 26.3 Å². The second kappa shape index (κ2) is 8.68. The number of imide groups is 1. The van der Waals surface area contributed by atoms with Crippen molar-refractivity contribution < 1.29 is 24.2 Å². The van der Waals surface area contributed by atoms with Crippen LogP contribution >= 0.6 is 0 Å². The van der Waals surface area contributed by atoms with Gasteiger partial charge >= 0.3 is 6.03 Å². The molecular weight excluding hydrogens is 350 g/mol. The summed E-state index contributed by atoms with van der Waals surface area (Å²) >= 11 is 0. The van der Waals surface area contributed by atoms with E-state index in [1.54, 1.807) is 31.2 Å². The molecule has 0 radical (unpaired) electrons. The van der Waals surface area contributed by atoms with E-state index in [-0.39, 0.29) is 19.7 Å². The highest BCUT2D eigenvalue weighted by Crippen LogP contribution is 2.30. The van der Waals surface area contributed by atoms with Gasteiger partial charge in [0.15, 0.2) is 0 Å². The monoisotopic (exact) mass is 375 g/mol. The minimum atomic E-state index is -1.25. The van der Waals surface area contributed by atoms with Crippen LogP contribution in [-0.4, -0.2) is 54.2 Å². The summed E-state index contributed by atoms with van der Waals surface area (Å²) in [6.07, 6.45) is 0.406. The van der Waals surface area contributed by atoms with E-state index in [2.05, 4.69) is 17.2 Å². The van der Waals surface area contributed by atoms with E-state index < -0.39 is 23.4 Å². The molecule has 1 aromatic carbocycles. The fourth-order valence-electron chi connectivity index (χ4n) is 2.63. The number of ether oxygens (including phenoxy) is 1. The van der Waals surface area contributed by atoms with Crippen LogP contribution in [0.25, 0.3) is 0 Å². The zero-order valence-electron chi connectivity index (χ0n) is 15.6. The second-order valence-corrected chi connectivity index (χ2v) is 6.64. The van der Waals surface area contributed by atoms with Gasteiger partial charge < -0.3 is 20.5 Å². The zero-order valence-corrected chi connectivity index (χ0v) is 15.6. The Kier molecular flexibility index (Phi) is 6.57. The van der Waals surface area contributed by atoms with Crippen LogP contribution in [0.15, 0.2) is 36.4 Å². The third-order valence-electron chi connectivity index (χ3n) is 4.15. The third kappa shape index (κ3) is 4.85. The molecule has 0 aromatic heterocycles. The van der Waals surface area contributed by atoms with Gasteiger partial charge in [-0.2, -0.15) is 0 Å². The van der Waals surface area contributed by atoms with Crippen molar-refractivity contribution in [3.63, 3.8) is 0 Å². The van der Waals surface area contributed by atoms with Crippen LogP contribution in [0.1, 0.15) is 25.8 Å². The van der Waals surface area contributed by atoms with E-state index >= 15 is 0 Å². The normalized spacial score (nSPS) is 19.0. The fourth-order valence-corrected chi connectivity index (χ4v) is 2.63. The summed E-state index contributed by atoms with van der Waals surface area (Å²) in [5.74, 6) is -0.331. The average molecular weight is 375 g/mol. The summed E-state index contributed by atoms with van der Waals surface area (Å²) in [7, 11) is 0. The topological polar surface area (TPSA) is 108 Å². The molecule has 1 aliphatic rings. The van der Waals surface area contributed by atoms with E-state index in [9.17, 15) is 14.4 Å². The predicted molar refractivity (Wildman–Crippen MR) is 99.1 cm³/mol. The SMILES string of the molecule is C=C(C)COc1ccc(C2(C)NC(=O)N(CC(=O)NCCCO)C2=O)cc1. The Morgan fingerprint density at radius 2 is 2.00 bits per heavy atom. The highest BCUT2D eigenvalue weighted by molar-refractivity contribution is 6.09. The molecule has 27 heavy (non-hydrogen) atoms. The Balaban J connectivity index is 2.06. The molecule has 1 heterocycles. The Morgan fingerprint density at radius 3 is 2.59 bits per heavy atom. The van der Waals surface area contributed by atoms with Gasteiger partial charge in [-0.1, -0.05) is 18.7 Å². The minimum Gasteiger partial charge on any atom is -0.489 e. The van der Waals surface area contributed by atoms with Crippen molar-refractivity contribution in [2.24, 2.45) is 0 Å². The van der Waals surface area contributed by atoms with Crippen LogP contribution in [0.4, 0.5) is 4.79 Å². The number of urea groups is 1. The third-order valence-corrected chi connectivity index (χ3v) is 4.15. The van der Waals surface area contributed by atoms with E-state index in [1.165, 1.54) is 0 Å². The number of rotatable bonds is 9. The lowest BCUT2D eigenvalue weighted by molar-refractivity contribution is -0.134. The molecule has 0 aliphatic carbocycles. The van der Waals surface area contributed by atoms with Crippen molar-refractivity contribution >= 4 is 17.8 Å². The number of amides is 4. The summed E-state index contributed by atoms with van der Waals surface area (Å²) < 4.78 is 5.53. The molecule has 0 bridgehead atoms. The van der Waals surface area contributed by atoms with Gasteiger partial charge in [-0.3, -0.25) is 14.5 Å². The van der Waals surface area contributed by atoms with Gasteiger partial charge in [-0.15, -0.1) is 0 Å². The first-order chi connectivity index (χ1) is 12.8. The molecule has 0 saturated carbocycles. The number of benzene rings is 1. The van der Waals surface area contributed by atoms with Gasteiger partial charge in [0, 0.05) is 13.2 Å². The molecule has 4 amide bonds. The quantitative estimate of drug-likeness (QED) is 0.338. The number of aliphatic hydroxyl groups is 1. The van der Waals surface area contributed by atoms with Crippen molar-refractivity contribution in [3.05, 3.63) is 42.0 Å². The molecule has 1 saturated heterocycles. The predicted octanol–water partition coefficient (Wildman–Crippen LogP) is 0.907. The maximum absolute atomic E-state index is 12.8. The van der Waals surface area contributed by atoms with Gasteiger partial charge in [0.1, 0.15) is 24.4 Å². The number of carbonyl (C=O) groups excluding carboxylic acids is 3. The number of aliphatic hydroxyl groups excluding tert-OH is 1. The van der Waals surface area contributed by atoms with Crippen LogP contribution in [-0.2, 0) is 15.1 Å². The Labute approximate surface area is 158 Å². The summed E-state index contributed by atoms with van der Waals surface area (Å²) in [4.78, 5) is 37.8. The first-order valence-corrected chi connectivity index (χ1v) is 8.67. The van der Waals surface area contributed by atoms with Crippen LogP contribution in [0.5, 0.6) is 5.75 Å². The van der Waals surface area contributed by atoms with Gasteiger partial charge in [0.25, 0.3) is 5.91 Å². The number of hydrogen-bond acceptors (Lipinski definition) is 5. The van der Waals surface area contributed by atoms with Crippen molar-refractivity contribution in [1.29, 1.82) is 0 Å². The van der Waals surface area contributed by atoms with Crippen molar-refractivity contribution in [3.8, 4) is 5.75 Å². The lowest BCUT2D eigenvalue weighted by atomic mass is 9.92. The second-order valence-electron chi connectivity index (χ2n) is 6.64. The average Bonchev–Trinajstić information content (AvgIpc) is 2.84. The first kappa shape index (κ1) is 20.4. The molecule has 1 fully saturated rings. The molecule has 0 spiro atoms. The smallest absolute Gasteiger partial charge is 0.325 e. The van der Waals surface area contributed by atoms with Gasteiger partial charge in [0.2, 0.25) is 5.91 Å². The van der Waals surface area contributed by atoms with Crippen molar-refractivity contribution in [1.82, 2.24) is 15.5 Å². The molecule has 8 nitrogen and oxygen atoms in total. The van der Waals surface area contributed by atoms with E-state index in [0.29, 0.717) is 24.3 Å². The maximum Gasteiger partial charge on any atom is 0.325 e. The largest absolute Gasteiger partial charge is 0.489 e. The van der Waals surface area contributed by atoms with Gasteiger partial charge in [0.05, 0.1) is 0 Å². The summed E-state index contributed by atoms with van der Waals surface area (Å²) in [5, 5.41) is 13.9. The number of nitrogens with zero attached hydrogens (tertiary/aromatic N) is 1. The fraction of sp³-hybridized carbons (Fsp3) is 0.421. The molecule has 146 valence electrons. The van der Waals surface area contributed by atoms with E-state index in [0.717, 1.165) is 10.5 Å². The summed E-state index contributed by atoms with van der Waals surface area (Å²) in [5.41, 5.74) is 0.221. The van der Waals surface area contributed by atoms with Crippen molar-refractivity contribution in [2.45, 2.75) is 25.8 Å². The number of hydrogen-bond donors (Lipinski definition) is 3. The molecular formula is C19H25N3O5. The molecule has 1 atom stereocenters. The summed E-state index contributed by atoms with van der Waals surface area (Å²) in [6.45, 7) is 7.48. The molecule has 1 aliphatic heterocycles. The number of nitrogens with one attached hydrogen (secondary N) is 2. The standard InChI is InChI=1S/C19H25N3O5/c1-13(2)12-27-15-7-5-14(6-8-15)19(3)17(25)22(18(26)21-19)11-16(24)20-9-4-10-23/h5-8,23H,1,4,9-12H2,2-3H3,(H,20,24)(H,21,26).